The fourth-order valence-corrected chi connectivity index (χ4v) is 7.65. The number of halogens is 1. The molecule has 2 nitrogen and oxygen atoms in total. The van der Waals surface area contributed by atoms with E-state index in [1.54, 1.807) is 18.1 Å². The van der Waals surface area contributed by atoms with E-state index >= 15 is 0 Å². The predicted octanol–water partition coefficient (Wildman–Crippen LogP) is 6.23. The van der Waals surface area contributed by atoms with Crippen LogP contribution in [0, 0.1) is 39.4 Å². The molecule has 0 saturated heterocycles. The molecule has 6 atom stereocenters. The maximum atomic E-state index is 11.5. The highest BCUT2D eigenvalue weighted by Gasteiger charge is 2.59. The molecule has 0 N–H and O–H groups in total. The van der Waals surface area contributed by atoms with E-state index in [-0.39, 0.29) is 22.9 Å². The number of hydrogen-bond acceptors (Lipinski definition) is 2. The van der Waals surface area contributed by atoms with Crippen LogP contribution < -0.4 is 0 Å². The number of esters is 1. The Morgan fingerprint density at radius 1 is 1.11 bits per heavy atom. The van der Waals surface area contributed by atoms with Gasteiger partial charge in [0, 0.05) is 12.3 Å². The third kappa shape index (κ3) is 2.88. The number of ether oxygens (including phenoxy) is 1. The van der Waals surface area contributed by atoms with Gasteiger partial charge in [-0.1, -0.05) is 30.9 Å². The van der Waals surface area contributed by atoms with Gasteiger partial charge in [0.25, 0.3) is 0 Å². The highest BCUT2D eigenvalue weighted by molar-refractivity contribution is 6.30. The third-order valence-electron chi connectivity index (χ3n) is 9.11. The summed E-state index contributed by atoms with van der Waals surface area (Å²) in [5, 5.41) is 2.68. The zero-order valence-electron chi connectivity index (χ0n) is 17.3. The van der Waals surface area contributed by atoms with E-state index in [9.17, 15) is 4.79 Å². The van der Waals surface area contributed by atoms with Crippen LogP contribution in [0.2, 0.25) is 0 Å². The van der Waals surface area contributed by atoms with Gasteiger partial charge in [-0.3, -0.25) is 4.79 Å². The molecule has 3 heteroatoms. The van der Waals surface area contributed by atoms with E-state index < -0.39 is 0 Å². The molecule has 0 amide bonds. The first kappa shape index (κ1) is 19.4. The fourth-order valence-electron chi connectivity index (χ4n) is 7.44. The largest absolute Gasteiger partial charge is 0.463 e. The monoisotopic (exact) mass is 388 g/mol. The highest BCUT2D eigenvalue weighted by atomic mass is 35.5. The summed E-state index contributed by atoms with van der Waals surface area (Å²) in [6.07, 6.45) is 10.7. The molecule has 0 aliphatic heterocycles. The van der Waals surface area contributed by atoms with Gasteiger partial charge in [0.1, 0.15) is 6.10 Å². The first-order chi connectivity index (χ1) is 12.7. The molecule has 0 radical (unpaired) electrons. The molecule has 2 fully saturated rings. The molecule has 0 unspecified atom stereocenters. The summed E-state index contributed by atoms with van der Waals surface area (Å²) in [6.45, 7) is 8.86. The first-order valence-electron chi connectivity index (χ1n) is 10.7. The molecule has 0 aromatic carbocycles. The van der Waals surface area contributed by atoms with Crippen LogP contribution in [0.15, 0.2) is 11.1 Å². The number of allylic oxidation sites excluding steroid dienone is 2. The van der Waals surface area contributed by atoms with Gasteiger partial charge in [-0.2, -0.15) is 0 Å². The first-order valence-corrected chi connectivity index (χ1v) is 11.1. The minimum absolute atomic E-state index is 0.0106. The number of fused-ring (bicyclic) bond motifs is 4. The van der Waals surface area contributed by atoms with Gasteiger partial charge in [0.2, 0.25) is 0 Å². The van der Waals surface area contributed by atoms with Crippen molar-refractivity contribution in [3.05, 3.63) is 11.1 Å². The Bertz CT molecular complexity index is 743. The number of rotatable bonds is 1. The fraction of sp³-hybridized carbons (Fsp3) is 0.792. The van der Waals surface area contributed by atoms with E-state index in [0.717, 1.165) is 31.1 Å². The molecule has 0 heterocycles. The van der Waals surface area contributed by atoms with Crippen LogP contribution in [0.1, 0.15) is 85.5 Å². The SMILES string of the molecule is CC(=O)O[C@H]1CC[C@@]2(C)[C@@H]3CCC4=C(CC[C@@]4(C)C#CCl)[C@@H]3CC[C@@]2(C)C1. The Kier molecular flexibility index (Phi) is 4.70. The second-order valence-electron chi connectivity index (χ2n) is 10.3. The van der Waals surface area contributed by atoms with Gasteiger partial charge in [0.15, 0.2) is 0 Å². The maximum absolute atomic E-state index is 11.5. The normalized spacial score (nSPS) is 45.9. The van der Waals surface area contributed by atoms with E-state index in [1.807, 2.05) is 0 Å². The van der Waals surface area contributed by atoms with Crippen LogP contribution in [-0.2, 0) is 9.53 Å². The van der Waals surface area contributed by atoms with Crippen molar-refractivity contribution in [2.24, 2.45) is 28.1 Å². The molecule has 0 aromatic rings. The summed E-state index contributed by atoms with van der Waals surface area (Å²) in [5.41, 5.74) is 4.00. The summed E-state index contributed by atoms with van der Waals surface area (Å²) >= 11 is 5.80. The number of carbonyl (C=O) groups is 1. The number of hydrogen-bond donors (Lipinski definition) is 0. The Hall–Kier alpha value is -0.940. The van der Waals surface area contributed by atoms with Gasteiger partial charge < -0.3 is 4.74 Å². The molecule has 4 rings (SSSR count). The Morgan fingerprint density at radius 3 is 2.59 bits per heavy atom. The minimum atomic E-state index is -0.126. The van der Waals surface area contributed by atoms with Crippen LogP contribution >= 0.6 is 11.6 Å². The highest BCUT2D eigenvalue weighted by Crippen LogP contribution is 2.68. The van der Waals surface area contributed by atoms with Crippen molar-refractivity contribution in [3.63, 3.8) is 0 Å². The van der Waals surface area contributed by atoms with E-state index in [0.29, 0.717) is 5.41 Å². The summed E-state index contributed by atoms with van der Waals surface area (Å²) in [7, 11) is 0. The molecule has 0 aromatic heterocycles. The lowest BCUT2D eigenvalue weighted by molar-refractivity contribution is -0.165. The van der Waals surface area contributed by atoms with Crippen molar-refractivity contribution in [2.75, 3.05) is 0 Å². The summed E-state index contributed by atoms with van der Waals surface area (Å²) in [6, 6.07) is 0. The molecule has 148 valence electrons. The van der Waals surface area contributed by atoms with Crippen molar-refractivity contribution in [1.29, 1.82) is 0 Å². The maximum Gasteiger partial charge on any atom is 0.302 e. The summed E-state index contributed by atoms with van der Waals surface area (Å²) in [4.78, 5) is 11.5. The lowest BCUT2D eigenvalue weighted by Crippen LogP contribution is -2.55. The van der Waals surface area contributed by atoms with E-state index in [1.165, 1.54) is 38.5 Å². The van der Waals surface area contributed by atoms with E-state index in [2.05, 4.69) is 32.1 Å². The van der Waals surface area contributed by atoms with Crippen molar-refractivity contribution < 1.29 is 9.53 Å². The molecular formula is C24H33ClO2. The molecular weight excluding hydrogens is 356 g/mol. The van der Waals surface area contributed by atoms with Gasteiger partial charge in [0.05, 0.1) is 5.41 Å². The molecule has 0 bridgehead atoms. The van der Waals surface area contributed by atoms with Gasteiger partial charge >= 0.3 is 5.97 Å². The Labute approximate surface area is 169 Å². The van der Waals surface area contributed by atoms with Crippen molar-refractivity contribution in [3.8, 4) is 11.3 Å². The Morgan fingerprint density at radius 2 is 1.89 bits per heavy atom. The van der Waals surface area contributed by atoms with Gasteiger partial charge in [-0.25, -0.2) is 0 Å². The van der Waals surface area contributed by atoms with Crippen LogP contribution in [0.25, 0.3) is 0 Å². The molecule has 4 aliphatic carbocycles. The lowest BCUT2D eigenvalue weighted by Gasteiger charge is -2.62. The number of carbonyl (C=O) groups excluding carboxylic acids is 1. The second-order valence-corrected chi connectivity index (χ2v) is 10.5. The minimum Gasteiger partial charge on any atom is -0.463 e. The Balaban J connectivity index is 1.62. The summed E-state index contributed by atoms with van der Waals surface area (Å²) in [5.74, 6) is 4.69. The van der Waals surface area contributed by atoms with Crippen molar-refractivity contribution in [2.45, 2.75) is 91.6 Å². The van der Waals surface area contributed by atoms with Crippen molar-refractivity contribution in [1.82, 2.24) is 0 Å². The van der Waals surface area contributed by atoms with Crippen LogP contribution in [-0.4, -0.2) is 12.1 Å². The lowest BCUT2D eigenvalue weighted by atomic mass is 9.43. The summed E-state index contributed by atoms with van der Waals surface area (Å²) < 4.78 is 5.63. The third-order valence-corrected chi connectivity index (χ3v) is 9.21. The topological polar surface area (TPSA) is 26.3 Å². The van der Waals surface area contributed by atoms with E-state index in [4.69, 9.17) is 16.3 Å². The van der Waals surface area contributed by atoms with Gasteiger partial charge in [-0.05, 0) is 99.0 Å². The smallest absolute Gasteiger partial charge is 0.302 e. The average Bonchev–Trinajstić information content (AvgIpc) is 2.93. The zero-order valence-corrected chi connectivity index (χ0v) is 18.0. The van der Waals surface area contributed by atoms with Crippen LogP contribution in [0.4, 0.5) is 0 Å². The second kappa shape index (κ2) is 6.55. The van der Waals surface area contributed by atoms with Crippen molar-refractivity contribution >= 4 is 17.6 Å². The van der Waals surface area contributed by atoms with Gasteiger partial charge in [-0.15, -0.1) is 0 Å². The molecule has 27 heavy (non-hydrogen) atoms. The molecule has 4 aliphatic rings. The average molecular weight is 389 g/mol. The zero-order chi connectivity index (χ0) is 19.4. The quantitative estimate of drug-likeness (QED) is 0.302. The van der Waals surface area contributed by atoms with Crippen LogP contribution in [0.5, 0.6) is 0 Å². The predicted molar refractivity (Wildman–Crippen MR) is 109 cm³/mol. The standard InChI is InChI=1S/C24H33ClO2/c1-16(26)27-17-7-12-24(4)21-6-5-20-18(8-10-22(20,2)13-14-25)19(21)9-11-23(24,3)15-17/h17,19,21H,5-12,15H2,1-4H3/t17-,19-,21+,22-,23-,24-/m0/s1. The molecule has 0 spiro atoms. The van der Waals surface area contributed by atoms with Crippen LogP contribution in [0.3, 0.4) is 0 Å². The molecule has 2 saturated carbocycles.